The van der Waals surface area contributed by atoms with E-state index < -0.39 is 16.1 Å². The fraction of sp³-hybridized carbons (Fsp3) is 0.235. The summed E-state index contributed by atoms with van der Waals surface area (Å²) in [5, 5.41) is 5.78. The van der Waals surface area contributed by atoms with E-state index in [1.807, 2.05) is 23.1 Å². The zero-order chi connectivity index (χ0) is 19.8. The number of hydrogen-bond donors (Lipinski definition) is 3. The highest BCUT2D eigenvalue weighted by Crippen LogP contribution is 2.34. The maximum absolute atomic E-state index is 11.9. The first kappa shape index (κ1) is 19.4. The van der Waals surface area contributed by atoms with Gasteiger partial charge in [0, 0.05) is 31.2 Å². The van der Waals surface area contributed by atoms with E-state index in [1.54, 1.807) is 18.2 Å². The van der Waals surface area contributed by atoms with Crippen molar-refractivity contribution in [2.45, 2.75) is 0 Å². The molecule has 6 N–H and O–H groups in total. The highest BCUT2D eigenvalue weighted by atomic mass is 35.5. The van der Waals surface area contributed by atoms with Gasteiger partial charge < -0.3 is 16.4 Å². The Labute approximate surface area is 162 Å². The molecule has 0 unspecified atom stereocenters. The number of halogens is 1. The molecule has 10 heteroatoms. The maximum atomic E-state index is 11.9. The molecule has 144 valence electrons. The average Bonchev–Trinajstić information content (AvgIpc) is 2.62. The number of rotatable bonds is 4. The van der Waals surface area contributed by atoms with E-state index in [9.17, 15) is 13.2 Å². The lowest BCUT2D eigenvalue weighted by atomic mass is 9.99. The normalized spacial score (nSPS) is 15.7. The Morgan fingerprint density at radius 2 is 1.59 bits per heavy atom. The molecule has 1 heterocycles. The summed E-state index contributed by atoms with van der Waals surface area (Å²) in [6.07, 6.45) is 0. The summed E-state index contributed by atoms with van der Waals surface area (Å²) in [5.74, 6) is -0.632. The van der Waals surface area contributed by atoms with Gasteiger partial charge in [0.1, 0.15) is 0 Å². The molecule has 0 aromatic heterocycles. The summed E-state index contributed by atoms with van der Waals surface area (Å²) in [4.78, 5) is 13.8. The molecule has 1 fully saturated rings. The van der Waals surface area contributed by atoms with Gasteiger partial charge in [0.2, 0.25) is 0 Å². The van der Waals surface area contributed by atoms with Crippen molar-refractivity contribution in [2.24, 2.45) is 10.9 Å². The minimum atomic E-state index is -3.73. The first-order chi connectivity index (χ1) is 12.7. The van der Waals surface area contributed by atoms with Crippen LogP contribution in [0.15, 0.2) is 36.4 Å². The number of benzene rings is 2. The summed E-state index contributed by atoms with van der Waals surface area (Å²) >= 11 is 5.94. The van der Waals surface area contributed by atoms with Gasteiger partial charge in [-0.05, 0) is 35.4 Å². The van der Waals surface area contributed by atoms with Crippen molar-refractivity contribution in [3.8, 4) is 11.1 Å². The minimum absolute atomic E-state index is 0.214. The van der Waals surface area contributed by atoms with Crippen molar-refractivity contribution in [3.05, 3.63) is 47.0 Å². The van der Waals surface area contributed by atoms with E-state index in [-0.39, 0.29) is 24.3 Å². The number of piperazine rings is 1. The highest BCUT2D eigenvalue weighted by molar-refractivity contribution is 7.86. The molecule has 2 aromatic rings. The Bertz CT molecular complexity index is 971. The SMILES string of the molecule is NC(=O)c1cc(-c2ccc(Cl)cc2)cc(N2CCN(S(N)(=O)=O)CC2)c1N. The molecule has 0 bridgehead atoms. The second-order valence-electron chi connectivity index (χ2n) is 6.26. The van der Waals surface area contributed by atoms with Crippen LogP contribution in [0.5, 0.6) is 0 Å². The van der Waals surface area contributed by atoms with Crippen molar-refractivity contribution in [2.75, 3.05) is 36.8 Å². The molecule has 1 aliphatic heterocycles. The summed E-state index contributed by atoms with van der Waals surface area (Å²) in [5.41, 5.74) is 14.4. The quantitative estimate of drug-likeness (QED) is 0.647. The summed E-state index contributed by atoms with van der Waals surface area (Å²) < 4.78 is 24.2. The lowest BCUT2D eigenvalue weighted by Gasteiger charge is -2.35. The van der Waals surface area contributed by atoms with Crippen molar-refractivity contribution in [1.29, 1.82) is 0 Å². The molecule has 0 atom stereocenters. The first-order valence-corrected chi connectivity index (χ1v) is 10.1. The standard InChI is InChI=1S/C17H20ClN5O3S/c18-13-3-1-11(2-4-13)12-9-14(17(20)24)16(19)15(10-12)22-5-7-23(8-6-22)27(21,25)26/h1-4,9-10H,5-8,19H2,(H2,20,24)(H2,21,25,26). The number of anilines is 2. The van der Waals surface area contributed by atoms with Gasteiger partial charge >= 0.3 is 0 Å². The molecule has 1 amide bonds. The Morgan fingerprint density at radius 3 is 2.11 bits per heavy atom. The van der Waals surface area contributed by atoms with Gasteiger partial charge in [-0.2, -0.15) is 12.7 Å². The largest absolute Gasteiger partial charge is 0.396 e. The van der Waals surface area contributed by atoms with Gasteiger partial charge in [0.15, 0.2) is 0 Å². The molecule has 1 saturated heterocycles. The molecule has 0 radical (unpaired) electrons. The van der Waals surface area contributed by atoms with Crippen LogP contribution in [0.1, 0.15) is 10.4 Å². The van der Waals surface area contributed by atoms with Crippen LogP contribution in [-0.2, 0) is 10.2 Å². The molecule has 8 nitrogen and oxygen atoms in total. The molecular formula is C17H20ClN5O3S. The number of amides is 1. The summed E-state index contributed by atoms with van der Waals surface area (Å²) in [6.45, 7) is 1.25. The predicted octanol–water partition coefficient (Wildman–Crippen LogP) is 1.01. The third-order valence-corrected chi connectivity index (χ3v) is 5.88. The highest BCUT2D eigenvalue weighted by Gasteiger charge is 2.26. The second-order valence-corrected chi connectivity index (χ2v) is 8.24. The summed E-state index contributed by atoms with van der Waals surface area (Å²) in [6, 6.07) is 10.7. The first-order valence-electron chi connectivity index (χ1n) is 8.19. The Balaban J connectivity index is 2.00. The van der Waals surface area contributed by atoms with Gasteiger partial charge in [0.25, 0.3) is 16.1 Å². The molecule has 2 aromatic carbocycles. The number of carbonyl (C=O) groups is 1. The fourth-order valence-corrected chi connectivity index (χ4v) is 3.89. The van der Waals surface area contributed by atoms with Gasteiger partial charge in [0.05, 0.1) is 16.9 Å². The van der Waals surface area contributed by atoms with Crippen molar-refractivity contribution in [1.82, 2.24) is 4.31 Å². The average molecular weight is 410 g/mol. The predicted molar refractivity (Wildman–Crippen MR) is 107 cm³/mol. The van der Waals surface area contributed by atoms with E-state index in [4.69, 9.17) is 28.2 Å². The Kier molecular flexibility index (Phi) is 5.29. The van der Waals surface area contributed by atoms with Gasteiger partial charge in [-0.15, -0.1) is 0 Å². The zero-order valence-electron chi connectivity index (χ0n) is 14.4. The fourth-order valence-electron chi connectivity index (χ4n) is 3.10. The summed E-state index contributed by atoms with van der Waals surface area (Å²) in [7, 11) is -3.73. The van der Waals surface area contributed by atoms with Crippen molar-refractivity contribution < 1.29 is 13.2 Å². The molecule has 0 spiro atoms. The molecular weight excluding hydrogens is 390 g/mol. The molecule has 0 aliphatic carbocycles. The van der Waals surface area contributed by atoms with Gasteiger partial charge in [-0.3, -0.25) is 4.79 Å². The van der Waals surface area contributed by atoms with Crippen LogP contribution < -0.4 is 21.5 Å². The number of nitrogens with zero attached hydrogens (tertiary/aromatic N) is 2. The lowest BCUT2D eigenvalue weighted by molar-refractivity contribution is 0.100. The second kappa shape index (κ2) is 7.35. The van der Waals surface area contributed by atoms with Crippen molar-refractivity contribution >= 4 is 39.1 Å². The van der Waals surface area contributed by atoms with Crippen LogP contribution in [0, 0.1) is 0 Å². The maximum Gasteiger partial charge on any atom is 0.277 e. The Morgan fingerprint density at radius 1 is 1.00 bits per heavy atom. The smallest absolute Gasteiger partial charge is 0.277 e. The third-order valence-electron chi connectivity index (χ3n) is 4.54. The number of primary amides is 1. The number of nitrogen functional groups attached to an aromatic ring is 1. The van der Waals surface area contributed by atoms with Crippen LogP contribution in [-0.4, -0.2) is 44.8 Å². The molecule has 1 aliphatic rings. The van der Waals surface area contributed by atoms with E-state index in [0.29, 0.717) is 23.8 Å². The van der Waals surface area contributed by atoms with Crippen LogP contribution in [0.4, 0.5) is 11.4 Å². The van der Waals surface area contributed by atoms with Gasteiger partial charge in [-0.1, -0.05) is 23.7 Å². The number of nitrogens with two attached hydrogens (primary N) is 3. The molecule has 0 saturated carbocycles. The number of carbonyl (C=O) groups excluding carboxylic acids is 1. The topological polar surface area (TPSA) is 136 Å². The van der Waals surface area contributed by atoms with E-state index in [0.717, 1.165) is 11.1 Å². The Hall–Kier alpha value is -2.33. The van der Waals surface area contributed by atoms with Crippen molar-refractivity contribution in [3.63, 3.8) is 0 Å². The van der Waals surface area contributed by atoms with Gasteiger partial charge in [-0.25, -0.2) is 5.14 Å². The molecule has 3 rings (SSSR count). The van der Waals surface area contributed by atoms with E-state index >= 15 is 0 Å². The lowest BCUT2D eigenvalue weighted by Crippen LogP contribution is -2.50. The third kappa shape index (κ3) is 4.16. The van der Waals surface area contributed by atoms with Crippen LogP contribution >= 0.6 is 11.6 Å². The molecule has 27 heavy (non-hydrogen) atoms. The van der Waals surface area contributed by atoms with Crippen LogP contribution in [0.3, 0.4) is 0 Å². The van der Waals surface area contributed by atoms with E-state index in [1.165, 1.54) is 4.31 Å². The monoisotopic (exact) mass is 409 g/mol. The van der Waals surface area contributed by atoms with E-state index in [2.05, 4.69) is 0 Å². The minimum Gasteiger partial charge on any atom is -0.396 e. The number of hydrogen-bond acceptors (Lipinski definition) is 5. The zero-order valence-corrected chi connectivity index (χ0v) is 16.0. The van der Waals surface area contributed by atoms with Crippen LogP contribution in [0.25, 0.3) is 11.1 Å². The van der Waals surface area contributed by atoms with Crippen LogP contribution in [0.2, 0.25) is 5.02 Å².